The molecule has 0 bridgehead atoms. The maximum atomic E-state index is 11.1. The first-order valence-electron chi connectivity index (χ1n) is 5.83. The van der Waals surface area contributed by atoms with E-state index in [0.717, 1.165) is 12.8 Å². The summed E-state index contributed by atoms with van der Waals surface area (Å²) < 4.78 is 1.80. The van der Waals surface area contributed by atoms with Crippen molar-refractivity contribution in [3.05, 3.63) is 17.5 Å². The summed E-state index contributed by atoms with van der Waals surface area (Å²) in [5.74, 6) is -0.748. The Morgan fingerprint density at radius 2 is 2.00 bits per heavy atom. The summed E-state index contributed by atoms with van der Waals surface area (Å²) in [6, 6.07) is 0.297. The molecule has 0 saturated carbocycles. The van der Waals surface area contributed by atoms with Gasteiger partial charge in [-0.25, -0.2) is 4.79 Å². The normalized spacial score (nSPS) is 11.4. The zero-order valence-corrected chi connectivity index (χ0v) is 10.4. The summed E-state index contributed by atoms with van der Waals surface area (Å²) in [5, 5.41) is 13.5. The largest absolute Gasteiger partial charge is 0.478 e. The second-order valence-corrected chi connectivity index (χ2v) is 4.34. The summed E-state index contributed by atoms with van der Waals surface area (Å²) >= 11 is 0. The van der Waals surface area contributed by atoms with E-state index in [4.69, 9.17) is 5.11 Å². The molecule has 4 heteroatoms. The highest BCUT2D eigenvalue weighted by Crippen LogP contribution is 2.22. The van der Waals surface area contributed by atoms with Crippen molar-refractivity contribution in [2.75, 3.05) is 0 Å². The minimum absolute atomic E-state index is 0.140. The highest BCUT2D eigenvalue weighted by molar-refractivity contribution is 5.88. The average molecular weight is 224 g/mol. The summed E-state index contributed by atoms with van der Waals surface area (Å²) in [6.45, 7) is 8.11. The molecule has 4 nitrogen and oxygen atoms in total. The molecule has 0 fully saturated rings. The highest BCUT2D eigenvalue weighted by Gasteiger charge is 2.20. The lowest BCUT2D eigenvalue weighted by Crippen LogP contribution is -2.08. The van der Waals surface area contributed by atoms with Gasteiger partial charge in [0.15, 0.2) is 0 Å². The van der Waals surface area contributed by atoms with Gasteiger partial charge in [-0.2, -0.15) is 5.10 Å². The fraction of sp³-hybridized carbons (Fsp3) is 0.667. The molecule has 1 N–H and O–H groups in total. The Kier molecular flexibility index (Phi) is 4.10. The average Bonchev–Trinajstić information content (AvgIpc) is 2.64. The van der Waals surface area contributed by atoms with E-state index in [2.05, 4.69) is 18.9 Å². The highest BCUT2D eigenvalue weighted by atomic mass is 16.4. The summed E-state index contributed by atoms with van der Waals surface area (Å²) in [5.41, 5.74) is 1.02. The Morgan fingerprint density at radius 3 is 2.31 bits per heavy atom. The van der Waals surface area contributed by atoms with Crippen LogP contribution in [0.25, 0.3) is 0 Å². The van der Waals surface area contributed by atoms with Crippen LogP contribution < -0.4 is 0 Å². The van der Waals surface area contributed by atoms with Crippen LogP contribution >= 0.6 is 0 Å². The van der Waals surface area contributed by atoms with Gasteiger partial charge in [0.25, 0.3) is 0 Å². The summed E-state index contributed by atoms with van der Waals surface area (Å²) in [4.78, 5) is 11.1. The van der Waals surface area contributed by atoms with Gasteiger partial charge in [-0.15, -0.1) is 0 Å². The number of hydrogen-bond acceptors (Lipinski definition) is 2. The van der Waals surface area contributed by atoms with Crippen LogP contribution in [-0.2, 0) is 0 Å². The molecule has 0 unspecified atom stereocenters. The van der Waals surface area contributed by atoms with Gasteiger partial charge in [-0.05, 0) is 18.8 Å². The fourth-order valence-corrected chi connectivity index (χ4v) is 1.85. The van der Waals surface area contributed by atoms with E-state index in [1.807, 2.05) is 13.8 Å². The predicted molar refractivity (Wildman–Crippen MR) is 62.9 cm³/mol. The Morgan fingerprint density at radius 1 is 1.44 bits per heavy atom. The number of carbonyl (C=O) groups is 1. The molecule has 16 heavy (non-hydrogen) atoms. The van der Waals surface area contributed by atoms with Crippen LogP contribution in [0.2, 0.25) is 0 Å². The fourth-order valence-electron chi connectivity index (χ4n) is 1.85. The van der Waals surface area contributed by atoms with E-state index in [-0.39, 0.29) is 5.92 Å². The van der Waals surface area contributed by atoms with Crippen LogP contribution in [0.1, 0.15) is 68.5 Å². The van der Waals surface area contributed by atoms with Crippen molar-refractivity contribution in [2.24, 2.45) is 0 Å². The van der Waals surface area contributed by atoms with E-state index >= 15 is 0 Å². The molecule has 0 spiro atoms. The quantitative estimate of drug-likeness (QED) is 0.836. The van der Waals surface area contributed by atoms with Gasteiger partial charge in [0.2, 0.25) is 0 Å². The number of aromatic carboxylic acids is 1. The van der Waals surface area contributed by atoms with Crippen LogP contribution in [0.4, 0.5) is 0 Å². The maximum Gasteiger partial charge on any atom is 0.339 e. The van der Waals surface area contributed by atoms with Crippen molar-refractivity contribution in [3.8, 4) is 0 Å². The predicted octanol–water partition coefficient (Wildman–Crippen LogP) is 3.07. The van der Waals surface area contributed by atoms with Crippen molar-refractivity contribution in [1.29, 1.82) is 0 Å². The van der Waals surface area contributed by atoms with Crippen molar-refractivity contribution < 1.29 is 9.90 Å². The van der Waals surface area contributed by atoms with Crippen molar-refractivity contribution in [1.82, 2.24) is 9.78 Å². The Balaban J connectivity index is 3.15. The zero-order valence-electron chi connectivity index (χ0n) is 10.4. The zero-order chi connectivity index (χ0) is 12.3. The monoisotopic (exact) mass is 224 g/mol. The number of nitrogens with zero attached hydrogens (tertiary/aromatic N) is 2. The van der Waals surface area contributed by atoms with Gasteiger partial charge in [-0.1, -0.05) is 27.7 Å². The summed E-state index contributed by atoms with van der Waals surface area (Å²) in [7, 11) is 0. The van der Waals surface area contributed by atoms with Gasteiger partial charge < -0.3 is 5.11 Å². The second kappa shape index (κ2) is 5.14. The molecule has 1 rings (SSSR count). The lowest BCUT2D eigenvalue weighted by Gasteiger charge is -2.12. The molecule has 90 valence electrons. The molecular weight excluding hydrogens is 204 g/mol. The molecule has 0 aliphatic rings. The minimum atomic E-state index is -0.888. The lowest BCUT2D eigenvalue weighted by atomic mass is 10.1. The molecule has 0 amide bonds. The van der Waals surface area contributed by atoms with Gasteiger partial charge in [0.1, 0.15) is 5.56 Å². The van der Waals surface area contributed by atoms with Crippen LogP contribution in [0.5, 0.6) is 0 Å². The van der Waals surface area contributed by atoms with Gasteiger partial charge >= 0.3 is 5.97 Å². The Labute approximate surface area is 96.3 Å². The third-order valence-corrected chi connectivity index (χ3v) is 2.85. The van der Waals surface area contributed by atoms with E-state index in [1.165, 1.54) is 0 Å². The smallest absolute Gasteiger partial charge is 0.339 e. The first kappa shape index (κ1) is 12.7. The van der Waals surface area contributed by atoms with Gasteiger partial charge in [0, 0.05) is 6.20 Å². The standard InChI is InChI=1S/C12H20N2O2/c1-5-9(6-2)14-7-10(12(15)16)11(13-14)8(3)4/h7-9H,5-6H2,1-4H3,(H,15,16). The first-order valence-corrected chi connectivity index (χ1v) is 5.83. The minimum Gasteiger partial charge on any atom is -0.478 e. The van der Waals surface area contributed by atoms with Crippen LogP contribution in [0, 0.1) is 0 Å². The lowest BCUT2D eigenvalue weighted by molar-refractivity contribution is 0.0695. The third-order valence-electron chi connectivity index (χ3n) is 2.85. The maximum absolute atomic E-state index is 11.1. The van der Waals surface area contributed by atoms with E-state index in [9.17, 15) is 4.79 Å². The molecule has 1 aromatic heterocycles. The number of aromatic nitrogens is 2. The van der Waals surface area contributed by atoms with E-state index < -0.39 is 5.97 Å². The first-order chi connectivity index (χ1) is 7.51. The van der Waals surface area contributed by atoms with E-state index in [0.29, 0.717) is 17.3 Å². The molecule has 0 saturated heterocycles. The Hall–Kier alpha value is -1.32. The van der Waals surface area contributed by atoms with Crippen LogP contribution in [0.15, 0.2) is 6.20 Å². The van der Waals surface area contributed by atoms with Crippen LogP contribution in [-0.4, -0.2) is 20.9 Å². The van der Waals surface area contributed by atoms with Crippen LogP contribution in [0.3, 0.4) is 0 Å². The molecule has 0 aromatic carbocycles. The second-order valence-electron chi connectivity index (χ2n) is 4.34. The molecule has 0 aliphatic carbocycles. The SMILES string of the molecule is CCC(CC)n1cc(C(=O)O)c(C(C)C)n1. The van der Waals surface area contributed by atoms with Crippen molar-refractivity contribution in [2.45, 2.75) is 52.5 Å². The summed E-state index contributed by atoms with van der Waals surface area (Å²) in [6.07, 6.45) is 3.60. The topological polar surface area (TPSA) is 55.1 Å². The molecule has 0 aliphatic heterocycles. The molecular formula is C12H20N2O2. The number of carboxylic acid groups (broad SMARTS) is 1. The van der Waals surface area contributed by atoms with Gasteiger partial charge in [0.05, 0.1) is 11.7 Å². The third kappa shape index (κ3) is 2.43. The number of carboxylic acids is 1. The van der Waals surface area contributed by atoms with Gasteiger partial charge in [-0.3, -0.25) is 4.68 Å². The molecule has 1 heterocycles. The molecule has 0 radical (unpaired) electrons. The number of rotatable bonds is 5. The van der Waals surface area contributed by atoms with E-state index in [1.54, 1.807) is 10.9 Å². The Bertz CT molecular complexity index is 365. The molecule has 1 aromatic rings. The molecule has 0 atom stereocenters. The van der Waals surface area contributed by atoms with Crippen molar-refractivity contribution >= 4 is 5.97 Å². The number of hydrogen-bond donors (Lipinski definition) is 1. The van der Waals surface area contributed by atoms with Crippen molar-refractivity contribution in [3.63, 3.8) is 0 Å².